The van der Waals surface area contributed by atoms with Crippen LogP contribution >= 0.6 is 23.2 Å². The van der Waals surface area contributed by atoms with E-state index < -0.39 is 4.33 Å². The van der Waals surface area contributed by atoms with Crippen molar-refractivity contribution < 1.29 is 4.79 Å². The fourth-order valence-corrected chi connectivity index (χ4v) is 2.36. The van der Waals surface area contributed by atoms with E-state index in [9.17, 15) is 4.79 Å². The summed E-state index contributed by atoms with van der Waals surface area (Å²) < 4.78 is -0.886. The summed E-state index contributed by atoms with van der Waals surface area (Å²) in [6.45, 7) is 0. The molecule has 0 radical (unpaired) electrons. The van der Waals surface area contributed by atoms with Gasteiger partial charge in [0.25, 0.3) is 0 Å². The van der Waals surface area contributed by atoms with Crippen LogP contribution in [0, 0.1) is 5.92 Å². The molecule has 1 aliphatic carbocycles. The van der Waals surface area contributed by atoms with Crippen LogP contribution in [0.3, 0.4) is 0 Å². The maximum Gasteiger partial charge on any atom is 0.136 e. The molecule has 0 spiro atoms. The van der Waals surface area contributed by atoms with E-state index in [2.05, 4.69) is 0 Å². The fourth-order valence-electron chi connectivity index (χ4n) is 1.61. The predicted octanol–water partition coefficient (Wildman–Crippen LogP) is 2.77. The van der Waals surface area contributed by atoms with Crippen molar-refractivity contribution in [1.29, 1.82) is 0 Å². The number of aldehydes is 1. The maximum atomic E-state index is 10.6. The van der Waals surface area contributed by atoms with Crippen LogP contribution in [0.5, 0.6) is 0 Å². The Kier molecular flexibility index (Phi) is 2.09. The molecule has 13 heavy (non-hydrogen) atoms. The molecule has 0 aromatic heterocycles. The Labute approximate surface area is 86.7 Å². The Morgan fingerprint density at radius 1 is 1.23 bits per heavy atom. The number of alkyl halides is 2. The van der Waals surface area contributed by atoms with E-state index in [0.717, 1.165) is 11.8 Å². The highest BCUT2D eigenvalue weighted by molar-refractivity contribution is 6.53. The molecule has 1 fully saturated rings. The van der Waals surface area contributed by atoms with Gasteiger partial charge in [-0.05, 0) is 5.56 Å². The standard InChI is InChI=1S/C10H8Cl2O/c11-10(12)8(6-13)9(10)7-4-2-1-3-5-7/h1-6,8-9H/t8-,9-/m0/s1. The van der Waals surface area contributed by atoms with Gasteiger partial charge < -0.3 is 4.79 Å². The second kappa shape index (κ2) is 3.00. The van der Waals surface area contributed by atoms with Crippen LogP contribution < -0.4 is 0 Å². The third-order valence-corrected chi connectivity index (χ3v) is 3.39. The van der Waals surface area contributed by atoms with Gasteiger partial charge in [-0.15, -0.1) is 23.2 Å². The summed E-state index contributed by atoms with van der Waals surface area (Å²) >= 11 is 11.9. The van der Waals surface area contributed by atoms with Crippen LogP contribution in [0.25, 0.3) is 0 Å². The Bertz CT molecular complexity index is 321. The molecule has 1 aromatic carbocycles. The number of carbonyl (C=O) groups is 1. The SMILES string of the molecule is O=C[C@H]1[C@H](c2ccccc2)C1(Cl)Cl. The normalized spacial score (nSPS) is 29.7. The topological polar surface area (TPSA) is 17.1 Å². The molecule has 0 heterocycles. The number of hydrogen-bond acceptors (Lipinski definition) is 1. The smallest absolute Gasteiger partial charge is 0.136 e. The van der Waals surface area contributed by atoms with Gasteiger partial charge in [0.05, 0.1) is 5.92 Å². The molecule has 1 aromatic rings. The monoisotopic (exact) mass is 214 g/mol. The molecule has 0 saturated heterocycles. The first-order valence-corrected chi connectivity index (χ1v) is 4.81. The van der Waals surface area contributed by atoms with Crippen LogP contribution in [0.15, 0.2) is 30.3 Å². The molecule has 0 amide bonds. The lowest BCUT2D eigenvalue weighted by molar-refractivity contribution is -0.108. The Hall–Kier alpha value is -0.530. The van der Waals surface area contributed by atoms with Crippen molar-refractivity contribution >= 4 is 29.5 Å². The first-order chi connectivity index (χ1) is 6.18. The lowest BCUT2D eigenvalue weighted by Crippen LogP contribution is -1.90. The van der Waals surface area contributed by atoms with Crippen molar-refractivity contribution in [2.24, 2.45) is 5.92 Å². The lowest BCUT2D eigenvalue weighted by atomic mass is 10.1. The molecule has 1 saturated carbocycles. The summed E-state index contributed by atoms with van der Waals surface area (Å²) in [6.07, 6.45) is 0.831. The molecule has 0 N–H and O–H groups in total. The van der Waals surface area contributed by atoms with Crippen molar-refractivity contribution in [2.45, 2.75) is 10.3 Å². The first-order valence-electron chi connectivity index (χ1n) is 4.06. The maximum absolute atomic E-state index is 10.6. The van der Waals surface area contributed by atoms with Gasteiger partial charge in [-0.1, -0.05) is 30.3 Å². The molecule has 0 aliphatic heterocycles. The van der Waals surface area contributed by atoms with E-state index in [1.807, 2.05) is 30.3 Å². The summed E-state index contributed by atoms with van der Waals surface area (Å²) in [5.74, 6) is -0.284. The second-order valence-electron chi connectivity index (χ2n) is 3.22. The third kappa shape index (κ3) is 1.36. The minimum absolute atomic E-state index is 0.0328. The fraction of sp³-hybridized carbons (Fsp3) is 0.300. The van der Waals surface area contributed by atoms with Gasteiger partial charge in [-0.2, -0.15) is 0 Å². The Morgan fingerprint density at radius 3 is 2.31 bits per heavy atom. The number of carbonyl (C=O) groups excluding carboxylic acids is 1. The number of halogens is 2. The Morgan fingerprint density at radius 2 is 1.85 bits per heavy atom. The van der Waals surface area contributed by atoms with E-state index in [4.69, 9.17) is 23.2 Å². The summed E-state index contributed by atoms with van der Waals surface area (Å²) in [5.41, 5.74) is 1.03. The number of hydrogen-bond donors (Lipinski definition) is 0. The molecule has 0 bridgehead atoms. The van der Waals surface area contributed by atoms with Crippen LogP contribution in [0.4, 0.5) is 0 Å². The summed E-state index contributed by atoms with van der Waals surface area (Å²) in [5, 5.41) is 0. The van der Waals surface area contributed by atoms with Gasteiger partial charge in [-0.3, -0.25) is 0 Å². The van der Waals surface area contributed by atoms with Crippen LogP contribution in [-0.2, 0) is 4.79 Å². The third-order valence-electron chi connectivity index (χ3n) is 2.41. The zero-order chi connectivity index (χ0) is 9.47. The van der Waals surface area contributed by atoms with Gasteiger partial charge in [0.1, 0.15) is 10.6 Å². The molecule has 0 unspecified atom stereocenters. The first kappa shape index (κ1) is 9.04. The molecular weight excluding hydrogens is 207 g/mol. The van der Waals surface area contributed by atoms with E-state index in [1.54, 1.807) is 0 Å². The predicted molar refractivity (Wildman–Crippen MR) is 53.2 cm³/mol. The number of benzene rings is 1. The van der Waals surface area contributed by atoms with Crippen molar-refractivity contribution in [1.82, 2.24) is 0 Å². The van der Waals surface area contributed by atoms with Crippen molar-refractivity contribution in [3.63, 3.8) is 0 Å². The second-order valence-corrected chi connectivity index (χ2v) is 4.67. The highest BCUT2D eigenvalue weighted by Crippen LogP contribution is 2.63. The molecule has 2 rings (SSSR count). The highest BCUT2D eigenvalue weighted by Gasteiger charge is 2.63. The van der Waals surface area contributed by atoms with Gasteiger partial charge in [0.15, 0.2) is 0 Å². The van der Waals surface area contributed by atoms with Crippen LogP contribution in [-0.4, -0.2) is 10.6 Å². The molecule has 68 valence electrons. The molecule has 3 heteroatoms. The van der Waals surface area contributed by atoms with Crippen LogP contribution in [0.1, 0.15) is 11.5 Å². The van der Waals surface area contributed by atoms with Gasteiger partial charge in [0, 0.05) is 5.92 Å². The van der Waals surface area contributed by atoms with E-state index in [0.29, 0.717) is 0 Å². The average molecular weight is 215 g/mol. The van der Waals surface area contributed by atoms with Gasteiger partial charge in [-0.25, -0.2) is 0 Å². The van der Waals surface area contributed by atoms with E-state index in [-0.39, 0.29) is 11.8 Å². The molecule has 2 atom stereocenters. The summed E-state index contributed by atoms with van der Waals surface area (Å²) in [4.78, 5) is 10.6. The highest BCUT2D eigenvalue weighted by atomic mass is 35.5. The Balaban J connectivity index is 2.27. The van der Waals surface area contributed by atoms with Gasteiger partial charge in [0.2, 0.25) is 0 Å². The summed E-state index contributed by atoms with van der Waals surface area (Å²) in [7, 11) is 0. The largest absolute Gasteiger partial charge is 0.303 e. The average Bonchev–Trinajstić information content (AvgIpc) is 2.69. The van der Waals surface area contributed by atoms with Crippen molar-refractivity contribution in [3.05, 3.63) is 35.9 Å². The zero-order valence-corrected chi connectivity index (χ0v) is 8.29. The van der Waals surface area contributed by atoms with E-state index in [1.165, 1.54) is 0 Å². The van der Waals surface area contributed by atoms with Crippen molar-refractivity contribution in [2.75, 3.05) is 0 Å². The van der Waals surface area contributed by atoms with E-state index >= 15 is 0 Å². The molecular formula is C10H8Cl2O. The lowest BCUT2D eigenvalue weighted by Gasteiger charge is -1.97. The van der Waals surface area contributed by atoms with Crippen molar-refractivity contribution in [3.8, 4) is 0 Å². The minimum atomic E-state index is -0.886. The number of rotatable bonds is 2. The minimum Gasteiger partial charge on any atom is -0.303 e. The zero-order valence-electron chi connectivity index (χ0n) is 6.78. The molecule has 1 aliphatic rings. The van der Waals surface area contributed by atoms with Gasteiger partial charge >= 0.3 is 0 Å². The summed E-state index contributed by atoms with van der Waals surface area (Å²) in [6, 6.07) is 9.63. The quantitative estimate of drug-likeness (QED) is 0.547. The molecule has 1 nitrogen and oxygen atoms in total. The van der Waals surface area contributed by atoms with Crippen LogP contribution in [0.2, 0.25) is 0 Å².